The van der Waals surface area contributed by atoms with Crippen LogP contribution in [-0.4, -0.2) is 12.1 Å². The van der Waals surface area contributed by atoms with E-state index in [0.717, 1.165) is 0 Å². The van der Waals surface area contributed by atoms with E-state index in [1.165, 1.54) is 6.21 Å². The topological polar surface area (TPSA) is 58.5 Å². The molecule has 0 aliphatic carbocycles. The molecule has 0 saturated heterocycles. The van der Waals surface area contributed by atoms with E-state index < -0.39 is 0 Å². The van der Waals surface area contributed by atoms with Gasteiger partial charge in [-0.25, -0.2) is 5.43 Å². The predicted molar refractivity (Wildman–Crippen MR) is 68.8 cm³/mol. The van der Waals surface area contributed by atoms with Gasteiger partial charge in [0.15, 0.2) is 17.1 Å². The van der Waals surface area contributed by atoms with Gasteiger partial charge in [-0.1, -0.05) is 6.07 Å². The number of hydrogen-bond acceptors (Lipinski definition) is 3. The van der Waals surface area contributed by atoms with Crippen molar-refractivity contribution in [3.63, 3.8) is 0 Å². The normalized spacial score (nSPS) is 10.7. The largest absolute Gasteiger partial charge is 0.448 e. The summed E-state index contributed by atoms with van der Waals surface area (Å²) in [5.74, 6) is 0.364. The van der Waals surface area contributed by atoms with Crippen molar-refractivity contribution < 1.29 is 13.8 Å². The van der Waals surface area contributed by atoms with Crippen LogP contribution >= 0.6 is 15.9 Å². The highest BCUT2D eigenvalue weighted by atomic mass is 79.9. The van der Waals surface area contributed by atoms with Gasteiger partial charge in [0.2, 0.25) is 6.54 Å². The van der Waals surface area contributed by atoms with Gasteiger partial charge in [0.25, 0.3) is 0 Å². The number of carbonyl (C=O) groups is 1. The van der Waals surface area contributed by atoms with Crippen LogP contribution in [0, 0.1) is 0 Å². The van der Waals surface area contributed by atoms with Crippen LogP contribution in [0.25, 0.3) is 0 Å². The van der Waals surface area contributed by atoms with Gasteiger partial charge in [-0.2, -0.15) is 9.67 Å². The molecule has 0 atom stereocenters. The number of nitrogens with one attached hydrogen (secondary N) is 1. The summed E-state index contributed by atoms with van der Waals surface area (Å²) in [5, 5.41) is 3.80. The number of pyridine rings is 1. The molecule has 0 bridgehead atoms. The quantitative estimate of drug-likeness (QED) is 0.528. The summed E-state index contributed by atoms with van der Waals surface area (Å²) < 4.78 is 7.57. The van der Waals surface area contributed by atoms with E-state index in [-0.39, 0.29) is 12.5 Å². The van der Waals surface area contributed by atoms with E-state index in [1.54, 1.807) is 16.7 Å². The molecule has 2 aromatic heterocycles. The van der Waals surface area contributed by atoms with E-state index in [9.17, 15) is 4.79 Å². The highest BCUT2D eigenvalue weighted by molar-refractivity contribution is 9.10. The molecular formula is C12H11BrN3O2+. The maximum atomic E-state index is 11.5. The first-order chi connectivity index (χ1) is 8.74. The molecule has 2 aromatic rings. The fourth-order valence-electron chi connectivity index (χ4n) is 1.31. The third-order valence-corrected chi connectivity index (χ3v) is 2.50. The van der Waals surface area contributed by atoms with E-state index in [2.05, 4.69) is 26.5 Å². The van der Waals surface area contributed by atoms with Crippen LogP contribution in [0.4, 0.5) is 0 Å². The average Bonchev–Trinajstić information content (AvgIpc) is 2.76. The van der Waals surface area contributed by atoms with Gasteiger partial charge in [0, 0.05) is 12.1 Å². The molecule has 92 valence electrons. The number of rotatable bonds is 4. The molecule has 1 N–H and O–H groups in total. The van der Waals surface area contributed by atoms with Gasteiger partial charge < -0.3 is 4.42 Å². The minimum absolute atomic E-state index is 0.201. The third kappa shape index (κ3) is 3.81. The zero-order valence-electron chi connectivity index (χ0n) is 9.41. The van der Waals surface area contributed by atoms with E-state index in [1.807, 2.05) is 30.6 Å². The summed E-state index contributed by atoms with van der Waals surface area (Å²) in [6, 6.07) is 9.10. The molecule has 2 rings (SSSR count). The lowest BCUT2D eigenvalue weighted by Crippen LogP contribution is -2.40. The molecule has 5 nitrogen and oxygen atoms in total. The molecule has 18 heavy (non-hydrogen) atoms. The lowest BCUT2D eigenvalue weighted by Gasteiger charge is -1.95. The van der Waals surface area contributed by atoms with Gasteiger partial charge in [-0.05, 0) is 28.1 Å². The van der Waals surface area contributed by atoms with E-state index in [4.69, 9.17) is 4.42 Å². The highest BCUT2D eigenvalue weighted by Crippen LogP contribution is 2.11. The molecule has 0 spiro atoms. The summed E-state index contributed by atoms with van der Waals surface area (Å²) in [6.45, 7) is 0.222. The van der Waals surface area contributed by atoms with E-state index in [0.29, 0.717) is 10.4 Å². The second-order valence-electron chi connectivity index (χ2n) is 3.48. The van der Waals surface area contributed by atoms with E-state index >= 15 is 0 Å². The number of aromatic nitrogens is 1. The van der Waals surface area contributed by atoms with Crippen molar-refractivity contribution in [1.82, 2.24) is 5.43 Å². The van der Waals surface area contributed by atoms with Gasteiger partial charge in [0.1, 0.15) is 5.76 Å². The Morgan fingerprint density at radius 3 is 2.83 bits per heavy atom. The summed E-state index contributed by atoms with van der Waals surface area (Å²) in [6.07, 6.45) is 5.07. The number of carbonyl (C=O) groups excluding carboxylic acids is 1. The number of halogens is 1. The molecule has 6 heteroatoms. The Bertz CT molecular complexity index is 551. The van der Waals surface area contributed by atoms with Crippen LogP contribution in [0.1, 0.15) is 5.76 Å². The molecular weight excluding hydrogens is 298 g/mol. The van der Waals surface area contributed by atoms with Crippen molar-refractivity contribution in [1.29, 1.82) is 0 Å². The van der Waals surface area contributed by atoms with Crippen LogP contribution in [0.2, 0.25) is 0 Å². The number of amides is 1. The predicted octanol–water partition coefficient (Wildman–Crippen LogP) is 1.48. The number of furan rings is 1. The summed E-state index contributed by atoms with van der Waals surface area (Å²) in [5.41, 5.74) is 2.42. The van der Waals surface area contributed by atoms with Crippen LogP contribution in [0.3, 0.4) is 0 Å². The second kappa shape index (κ2) is 6.11. The van der Waals surface area contributed by atoms with Gasteiger partial charge in [-0.15, -0.1) is 0 Å². The van der Waals surface area contributed by atoms with Crippen molar-refractivity contribution in [2.24, 2.45) is 5.10 Å². The van der Waals surface area contributed by atoms with Crippen LogP contribution < -0.4 is 9.99 Å². The summed E-state index contributed by atoms with van der Waals surface area (Å²) in [4.78, 5) is 11.5. The van der Waals surface area contributed by atoms with Crippen LogP contribution in [0.5, 0.6) is 0 Å². The minimum atomic E-state index is -0.201. The summed E-state index contributed by atoms with van der Waals surface area (Å²) >= 11 is 3.18. The monoisotopic (exact) mass is 308 g/mol. The molecule has 1 amide bonds. The van der Waals surface area contributed by atoms with Gasteiger partial charge in [-0.3, -0.25) is 4.79 Å². The Morgan fingerprint density at radius 2 is 2.17 bits per heavy atom. The molecule has 0 saturated carbocycles. The molecule has 0 aromatic carbocycles. The first kappa shape index (κ1) is 12.5. The Balaban J connectivity index is 1.83. The molecule has 0 radical (unpaired) electrons. The Kier molecular flexibility index (Phi) is 4.25. The maximum Gasteiger partial charge on any atom is 0.305 e. The van der Waals surface area contributed by atoms with Crippen LogP contribution in [0.15, 0.2) is 56.9 Å². The Morgan fingerprint density at radius 1 is 1.39 bits per heavy atom. The zero-order chi connectivity index (χ0) is 12.8. The molecule has 0 aliphatic heterocycles. The lowest BCUT2D eigenvalue weighted by atomic mass is 10.4. The second-order valence-corrected chi connectivity index (χ2v) is 4.26. The number of hydrazone groups is 1. The lowest BCUT2D eigenvalue weighted by molar-refractivity contribution is -0.684. The SMILES string of the molecule is O=C(C[n+]1ccccc1)N/N=C\c1ccc(Br)o1. The van der Waals surface area contributed by atoms with Crippen LogP contribution in [-0.2, 0) is 11.3 Å². The number of hydrogen-bond donors (Lipinski definition) is 1. The standard InChI is InChI=1S/C12H10BrN3O2/c13-11-5-4-10(18-11)8-14-15-12(17)9-16-6-2-1-3-7-16/h1-8H,9H2/p+1/b14-8-. The maximum absolute atomic E-state index is 11.5. The first-order valence-corrected chi connectivity index (χ1v) is 6.05. The number of nitrogens with zero attached hydrogens (tertiary/aromatic N) is 2. The van der Waals surface area contributed by atoms with Crippen molar-refractivity contribution in [3.05, 3.63) is 53.2 Å². The van der Waals surface area contributed by atoms with Crippen molar-refractivity contribution in [2.45, 2.75) is 6.54 Å². The highest BCUT2D eigenvalue weighted by Gasteiger charge is 2.06. The van der Waals surface area contributed by atoms with Crippen molar-refractivity contribution >= 4 is 28.1 Å². The molecule has 2 heterocycles. The van der Waals surface area contributed by atoms with Crippen molar-refractivity contribution in [3.8, 4) is 0 Å². The Labute approximate surface area is 112 Å². The minimum Gasteiger partial charge on any atom is -0.448 e. The first-order valence-electron chi connectivity index (χ1n) is 5.25. The fourth-order valence-corrected chi connectivity index (χ4v) is 1.63. The Hall–Kier alpha value is -1.95. The molecule has 0 aliphatic rings. The zero-order valence-corrected chi connectivity index (χ0v) is 11.0. The molecule has 0 fully saturated rings. The van der Waals surface area contributed by atoms with Crippen molar-refractivity contribution in [2.75, 3.05) is 0 Å². The van der Waals surface area contributed by atoms with Gasteiger partial charge in [0.05, 0.1) is 6.21 Å². The molecule has 0 unspecified atom stereocenters. The average molecular weight is 309 g/mol. The third-order valence-electron chi connectivity index (χ3n) is 2.08. The van der Waals surface area contributed by atoms with Gasteiger partial charge >= 0.3 is 5.91 Å². The smallest absolute Gasteiger partial charge is 0.305 e. The fraction of sp³-hybridized carbons (Fsp3) is 0.0833. The summed E-state index contributed by atoms with van der Waals surface area (Å²) in [7, 11) is 0.